The van der Waals surface area contributed by atoms with Gasteiger partial charge in [-0.2, -0.15) is 0 Å². The number of hydrogen-bond donors (Lipinski definition) is 0. The quantitative estimate of drug-likeness (QED) is 0.851. The van der Waals surface area contributed by atoms with E-state index in [2.05, 4.69) is 68.1 Å². The molecule has 128 valence electrons. The van der Waals surface area contributed by atoms with E-state index in [1.807, 2.05) is 4.90 Å². The molecule has 3 rings (SSSR count). The Bertz CT molecular complexity index is 709. The molecule has 1 heterocycles. The summed E-state index contributed by atoms with van der Waals surface area (Å²) >= 11 is 0. The van der Waals surface area contributed by atoms with Gasteiger partial charge in [0.05, 0.1) is 0 Å². The fraction of sp³-hybridized carbons (Fsp3) is 0.476. The van der Waals surface area contributed by atoms with Gasteiger partial charge in [0.25, 0.3) is 0 Å². The average molecular weight is 324 g/mol. The summed E-state index contributed by atoms with van der Waals surface area (Å²) in [6.45, 7) is 10.7. The van der Waals surface area contributed by atoms with Crippen molar-refractivity contribution in [3.63, 3.8) is 0 Å². The van der Waals surface area contributed by atoms with E-state index in [0.29, 0.717) is 5.91 Å². The number of carbonyl (C=O) groups excluding carboxylic acids is 1. The van der Waals surface area contributed by atoms with Crippen LogP contribution >= 0.6 is 0 Å². The molecule has 2 aromatic rings. The van der Waals surface area contributed by atoms with Crippen LogP contribution in [-0.2, 0) is 11.3 Å². The minimum atomic E-state index is -0.238. The fourth-order valence-electron chi connectivity index (χ4n) is 3.36. The predicted molar refractivity (Wildman–Crippen MR) is 99.9 cm³/mol. The summed E-state index contributed by atoms with van der Waals surface area (Å²) in [6.07, 6.45) is 0.891. The zero-order valence-electron chi connectivity index (χ0n) is 15.1. The van der Waals surface area contributed by atoms with Gasteiger partial charge >= 0.3 is 0 Å². The molecule has 0 unspecified atom stereocenters. The van der Waals surface area contributed by atoms with Gasteiger partial charge in [0.2, 0.25) is 5.91 Å². The summed E-state index contributed by atoms with van der Waals surface area (Å²) in [5.74, 6) is 0.301. The van der Waals surface area contributed by atoms with E-state index in [1.165, 1.54) is 16.3 Å². The second kappa shape index (κ2) is 6.94. The maximum atomic E-state index is 12.6. The average Bonchev–Trinajstić information content (AvgIpc) is 2.62. The van der Waals surface area contributed by atoms with Crippen LogP contribution in [0.3, 0.4) is 0 Å². The molecule has 3 nitrogen and oxygen atoms in total. The van der Waals surface area contributed by atoms with Crippen LogP contribution < -0.4 is 0 Å². The highest BCUT2D eigenvalue weighted by atomic mass is 16.2. The van der Waals surface area contributed by atoms with E-state index in [1.54, 1.807) is 0 Å². The largest absolute Gasteiger partial charge is 0.340 e. The van der Waals surface area contributed by atoms with Gasteiger partial charge in [-0.1, -0.05) is 63.2 Å². The molecule has 24 heavy (non-hydrogen) atoms. The number of piperazine rings is 1. The summed E-state index contributed by atoms with van der Waals surface area (Å²) in [5.41, 5.74) is 1.14. The van der Waals surface area contributed by atoms with Gasteiger partial charge < -0.3 is 4.90 Å². The van der Waals surface area contributed by atoms with E-state index >= 15 is 0 Å². The van der Waals surface area contributed by atoms with Gasteiger partial charge in [0.15, 0.2) is 0 Å². The van der Waals surface area contributed by atoms with E-state index in [0.717, 1.165) is 39.1 Å². The molecule has 1 fully saturated rings. The second-order valence-electron chi connectivity index (χ2n) is 7.44. The number of carbonyl (C=O) groups is 1. The summed E-state index contributed by atoms with van der Waals surface area (Å²) in [7, 11) is 0. The van der Waals surface area contributed by atoms with Crippen LogP contribution in [0.5, 0.6) is 0 Å². The first kappa shape index (κ1) is 17.0. The van der Waals surface area contributed by atoms with Crippen LogP contribution in [0.25, 0.3) is 10.8 Å². The second-order valence-corrected chi connectivity index (χ2v) is 7.44. The number of rotatable bonds is 4. The van der Waals surface area contributed by atoms with E-state index in [9.17, 15) is 4.79 Å². The lowest BCUT2D eigenvalue weighted by Crippen LogP contribution is -2.51. The van der Waals surface area contributed by atoms with Crippen LogP contribution in [0.4, 0.5) is 0 Å². The lowest BCUT2D eigenvalue weighted by Gasteiger charge is -2.38. The molecule has 0 spiro atoms. The van der Waals surface area contributed by atoms with Crippen molar-refractivity contribution in [2.24, 2.45) is 5.41 Å². The molecule has 0 radical (unpaired) electrons. The molecule has 1 aliphatic heterocycles. The van der Waals surface area contributed by atoms with Crippen molar-refractivity contribution in [3.05, 3.63) is 48.0 Å². The SMILES string of the molecule is CCC(C)(C)C(=O)N1CCN(Cc2cccc3ccccc23)CC1. The minimum Gasteiger partial charge on any atom is -0.340 e. The van der Waals surface area contributed by atoms with Crippen molar-refractivity contribution in [1.29, 1.82) is 0 Å². The molecule has 0 aromatic heterocycles. The summed E-state index contributed by atoms with van der Waals surface area (Å²) in [5, 5.41) is 2.64. The first-order valence-electron chi connectivity index (χ1n) is 8.99. The Hall–Kier alpha value is -1.87. The lowest BCUT2D eigenvalue weighted by molar-refractivity contribution is -0.142. The van der Waals surface area contributed by atoms with Gasteiger partial charge in [-0.05, 0) is 22.8 Å². The van der Waals surface area contributed by atoms with Crippen molar-refractivity contribution < 1.29 is 4.79 Å². The molecule has 2 aromatic carbocycles. The molecular weight excluding hydrogens is 296 g/mol. The minimum absolute atomic E-state index is 0.238. The number of hydrogen-bond acceptors (Lipinski definition) is 2. The molecule has 0 bridgehead atoms. The standard InChI is InChI=1S/C21H28N2O/c1-4-21(2,3)20(24)23-14-12-22(13-15-23)16-18-10-7-9-17-8-5-6-11-19(17)18/h5-11H,4,12-16H2,1-3H3. The maximum absolute atomic E-state index is 12.6. The highest BCUT2D eigenvalue weighted by molar-refractivity contribution is 5.85. The van der Waals surface area contributed by atoms with Crippen LogP contribution in [0.1, 0.15) is 32.8 Å². The van der Waals surface area contributed by atoms with E-state index in [4.69, 9.17) is 0 Å². The topological polar surface area (TPSA) is 23.6 Å². The monoisotopic (exact) mass is 324 g/mol. The van der Waals surface area contributed by atoms with Crippen LogP contribution in [0, 0.1) is 5.41 Å². The lowest BCUT2D eigenvalue weighted by atomic mass is 9.88. The molecule has 1 amide bonds. The molecule has 0 atom stereocenters. The van der Waals surface area contributed by atoms with Gasteiger partial charge in [-0.3, -0.25) is 9.69 Å². The Morgan fingerprint density at radius 3 is 2.38 bits per heavy atom. The fourth-order valence-corrected chi connectivity index (χ4v) is 3.36. The Morgan fingerprint density at radius 1 is 1.00 bits per heavy atom. The summed E-state index contributed by atoms with van der Waals surface area (Å²) in [6, 6.07) is 15.1. The Balaban J connectivity index is 1.64. The van der Waals surface area contributed by atoms with Crippen molar-refractivity contribution >= 4 is 16.7 Å². The zero-order valence-corrected chi connectivity index (χ0v) is 15.1. The first-order valence-corrected chi connectivity index (χ1v) is 8.99. The van der Waals surface area contributed by atoms with Crippen molar-refractivity contribution in [1.82, 2.24) is 9.80 Å². The smallest absolute Gasteiger partial charge is 0.228 e. The van der Waals surface area contributed by atoms with Crippen molar-refractivity contribution in [2.75, 3.05) is 26.2 Å². The predicted octanol–water partition coefficient (Wildman–Crippen LogP) is 3.92. The molecule has 0 saturated carbocycles. The zero-order chi connectivity index (χ0) is 17.2. The van der Waals surface area contributed by atoms with Crippen LogP contribution in [0.15, 0.2) is 42.5 Å². The Kier molecular flexibility index (Phi) is 4.91. The number of nitrogens with zero attached hydrogens (tertiary/aromatic N) is 2. The van der Waals surface area contributed by atoms with Crippen molar-refractivity contribution in [2.45, 2.75) is 33.7 Å². The van der Waals surface area contributed by atoms with E-state index < -0.39 is 0 Å². The van der Waals surface area contributed by atoms with Gasteiger partial charge in [0, 0.05) is 38.1 Å². The third-order valence-electron chi connectivity index (χ3n) is 5.40. The third-order valence-corrected chi connectivity index (χ3v) is 5.40. The van der Waals surface area contributed by atoms with Crippen molar-refractivity contribution in [3.8, 4) is 0 Å². The van der Waals surface area contributed by atoms with Crippen LogP contribution in [0.2, 0.25) is 0 Å². The van der Waals surface area contributed by atoms with Crippen LogP contribution in [-0.4, -0.2) is 41.9 Å². The Labute approximate surface area is 145 Å². The molecular formula is C21H28N2O. The maximum Gasteiger partial charge on any atom is 0.228 e. The molecule has 0 N–H and O–H groups in total. The van der Waals surface area contributed by atoms with Gasteiger partial charge in [-0.15, -0.1) is 0 Å². The van der Waals surface area contributed by atoms with Gasteiger partial charge in [0.1, 0.15) is 0 Å². The molecule has 3 heteroatoms. The third kappa shape index (κ3) is 3.46. The highest BCUT2D eigenvalue weighted by Crippen LogP contribution is 2.25. The first-order chi connectivity index (χ1) is 11.5. The summed E-state index contributed by atoms with van der Waals surface area (Å²) in [4.78, 5) is 17.1. The Morgan fingerprint density at radius 2 is 1.67 bits per heavy atom. The number of fused-ring (bicyclic) bond motifs is 1. The van der Waals surface area contributed by atoms with E-state index in [-0.39, 0.29) is 5.41 Å². The molecule has 0 aliphatic carbocycles. The molecule has 1 aliphatic rings. The number of benzene rings is 2. The molecule has 1 saturated heterocycles. The van der Waals surface area contributed by atoms with Gasteiger partial charge in [-0.25, -0.2) is 0 Å². The normalized spacial score (nSPS) is 16.5. The summed E-state index contributed by atoms with van der Waals surface area (Å²) < 4.78 is 0. The number of amides is 1. The highest BCUT2D eigenvalue weighted by Gasteiger charge is 2.32.